The zero-order chi connectivity index (χ0) is 40.4. The summed E-state index contributed by atoms with van der Waals surface area (Å²) >= 11 is 0. The molecular formula is C48H83NO7. The smallest absolute Gasteiger partial charge is 0.465 e. The molecule has 0 aromatic rings. The Balaban J connectivity index is 2.26. The lowest BCUT2D eigenvalue weighted by molar-refractivity contribution is -0.150. The van der Waals surface area contributed by atoms with Gasteiger partial charge in [-0.1, -0.05) is 127 Å². The summed E-state index contributed by atoms with van der Waals surface area (Å²) in [5.74, 6) is -1.00. The van der Waals surface area contributed by atoms with Crippen molar-refractivity contribution in [3.8, 4) is 0 Å². The number of unbranched alkanes of at least 4 members (excludes halogenated alkanes) is 16. The van der Waals surface area contributed by atoms with E-state index in [1.54, 1.807) is 0 Å². The molecule has 0 saturated carbocycles. The van der Waals surface area contributed by atoms with E-state index in [9.17, 15) is 14.4 Å². The zero-order valence-corrected chi connectivity index (χ0v) is 36.0. The van der Waals surface area contributed by atoms with E-state index in [-0.39, 0.29) is 31.8 Å². The van der Waals surface area contributed by atoms with E-state index in [4.69, 9.17) is 18.9 Å². The molecule has 0 bridgehead atoms. The molecule has 322 valence electrons. The number of esters is 2. The summed E-state index contributed by atoms with van der Waals surface area (Å²) in [5.41, 5.74) is 0. The van der Waals surface area contributed by atoms with Crippen LogP contribution in [-0.4, -0.2) is 69.1 Å². The third-order valence-electron chi connectivity index (χ3n) is 10.1. The first-order chi connectivity index (χ1) is 27.5. The van der Waals surface area contributed by atoms with Crippen LogP contribution < -0.4 is 0 Å². The molecule has 0 atom stereocenters. The second-order valence-electron chi connectivity index (χ2n) is 15.5. The van der Waals surface area contributed by atoms with Gasteiger partial charge in [0.1, 0.15) is 19.8 Å². The molecule has 0 spiro atoms. The maximum atomic E-state index is 12.5. The normalized spacial score (nSPS) is 13.6. The molecule has 56 heavy (non-hydrogen) atoms. The molecule has 1 aliphatic heterocycles. The van der Waals surface area contributed by atoms with Gasteiger partial charge in [-0.15, -0.1) is 0 Å². The largest absolute Gasteiger partial charge is 0.508 e. The molecule has 0 radical (unpaired) electrons. The lowest BCUT2D eigenvalue weighted by atomic mass is 10.1. The molecule has 1 rings (SSSR count). The van der Waals surface area contributed by atoms with Gasteiger partial charge in [0.25, 0.3) is 0 Å². The molecule has 0 amide bonds. The van der Waals surface area contributed by atoms with E-state index in [0.717, 1.165) is 116 Å². The Morgan fingerprint density at radius 2 is 0.893 bits per heavy atom. The average molecular weight is 786 g/mol. The van der Waals surface area contributed by atoms with Crippen molar-refractivity contribution in [2.24, 2.45) is 5.92 Å². The standard InChI is InChI=1S/C48H83NO7/c1-3-5-7-9-11-13-15-17-19-21-23-25-27-29-31-36-46(50)54-42-45(44-56-48(52)53-41-35-40-49-38-33-34-39-49)43-55-47(51)37-32-30-28-26-24-22-20-18-16-14-12-10-8-6-4-2/h11-14,17-20,45H,3-10,15-16,21-44H2,1-2H3/b13-11-,14-12-,19-17-,20-18-. The third kappa shape index (κ3) is 35.5. The van der Waals surface area contributed by atoms with Crippen molar-refractivity contribution in [3.63, 3.8) is 0 Å². The molecule has 8 heteroatoms. The van der Waals surface area contributed by atoms with Crippen LogP contribution in [0.25, 0.3) is 0 Å². The lowest BCUT2D eigenvalue weighted by Crippen LogP contribution is -2.27. The highest BCUT2D eigenvalue weighted by molar-refractivity contribution is 5.69. The Morgan fingerprint density at radius 3 is 1.36 bits per heavy atom. The van der Waals surface area contributed by atoms with Crippen molar-refractivity contribution in [2.45, 2.75) is 187 Å². The van der Waals surface area contributed by atoms with E-state index in [2.05, 4.69) is 67.4 Å². The van der Waals surface area contributed by atoms with Gasteiger partial charge in [0.2, 0.25) is 0 Å². The van der Waals surface area contributed by atoms with Gasteiger partial charge in [0.15, 0.2) is 0 Å². The van der Waals surface area contributed by atoms with Gasteiger partial charge in [-0.25, -0.2) is 4.79 Å². The van der Waals surface area contributed by atoms with Crippen molar-refractivity contribution < 1.29 is 33.3 Å². The highest BCUT2D eigenvalue weighted by atomic mass is 16.7. The fraction of sp³-hybridized carbons (Fsp3) is 0.771. The van der Waals surface area contributed by atoms with Crippen LogP contribution in [0.4, 0.5) is 4.79 Å². The molecule has 0 aliphatic carbocycles. The van der Waals surface area contributed by atoms with Crippen LogP contribution in [-0.2, 0) is 28.5 Å². The van der Waals surface area contributed by atoms with E-state index in [0.29, 0.717) is 19.4 Å². The van der Waals surface area contributed by atoms with E-state index in [1.807, 2.05) is 0 Å². The zero-order valence-electron chi connectivity index (χ0n) is 36.0. The summed E-state index contributed by atoms with van der Waals surface area (Å²) in [5, 5.41) is 0. The van der Waals surface area contributed by atoms with E-state index in [1.165, 1.54) is 64.2 Å². The Bertz CT molecular complexity index is 984. The Morgan fingerprint density at radius 1 is 0.482 bits per heavy atom. The van der Waals surface area contributed by atoms with Crippen LogP contribution in [0.15, 0.2) is 48.6 Å². The predicted octanol–water partition coefficient (Wildman–Crippen LogP) is 13.0. The maximum Gasteiger partial charge on any atom is 0.508 e. The van der Waals surface area contributed by atoms with Crippen molar-refractivity contribution in [1.82, 2.24) is 4.90 Å². The number of rotatable bonds is 38. The van der Waals surface area contributed by atoms with Crippen LogP contribution in [0.3, 0.4) is 0 Å². The molecule has 1 heterocycles. The van der Waals surface area contributed by atoms with Crippen LogP contribution in [0, 0.1) is 5.92 Å². The molecule has 0 aromatic carbocycles. The topological polar surface area (TPSA) is 91.4 Å². The van der Waals surface area contributed by atoms with Crippen LogP contribution in [0.1, 0.15) is 187 Å². The SMILES string of the molecule is CCCCC/C=C\C/C=C\CCCCCCCC(=O)OCC(COC(=O)CCCCCCC/C=C\C/C=C\CCCCC)COC(=O)OCCCN1CCCC1. The summed E-state index contributed by atoms with van der Waals surface area (Å²) in [6.45, 7) is 7.89. The number of likely N-dealkylation sites (tertiary alicyclic amines) is 1. The van der Waals surface area contributed by atoms with Gasteiger partial charge >= 0.3 is 18.1 Å². The molecule has 1 aliphatic rings. The minimum atomic E-state index is -0.746. The van der Waals surface area contributed by atoms with Crippen molar-refractivity contribution in [2.75, 3.05) is 46.1 Å². The second-order valence-corrected chi connectivity index (χ2v) is 15.5. The molecule has 1 fully saturated rings. The number of allylic oxidation sites excluding steroid dienone is 8. The molecule has 8 nitrogen and oxygen atoms in total. The molecule has 0 unspecified atom stereocenters. The molecular weight excluding hydrogens is 703 g/mol. The van der Waals surface area contributed by atoms with E-state index < -0.39 is 12.1 Å². The summed E-state index contributed by atoms with van der Waals surface area (Å²) in [6, 6.07) is 0. The number of hydrogen-bond acceptors (Lipinski definition) is 8. The predicted molar refractivity (Wildman–Crippen MR) is 232 cm³/mol. The number of nitrogens with zero attached hydrogens (tertiary/aromatic N) is 1. The number of ether oxygens (including phenoxy) is 4. The molecule has 0 N–H and O–H groups in total. The van der Waals surface area contributed by atoms with Crippen LogP contribution >= 0.6 is 0 Å². The van der Waals surface area contributed by atoms with Gasteiger partial charge in [0.05, 0.1) is 12.5 Å². The molecule has 1 saturated heterocycles. The number of carbonyl (C=O) groups excluding carboxylic acids is 3. The maximum absolute atomic E-state index is 12.5. The Kier molecular flexibility index (Phi) is 36.8. The van der Waals surface area contributed by atoms with Crippen LogP contribution in [0.5, 0.6) is 0 Å². The lowest BCUT2D eigenvalue weighted by Gasteiger charge is -2.18. The van der Waals surface area contributed by atoms with Gasteiger partial charge in [-0.05, 0) is 109 Å². The summed E-state index contributed by atoms with van der Waals surface area (Å²) in [4.78, 5) is 39.7. The summed E-state index contributed by atoms with van der Waals surface area (Å²) < 4.78 is 21.7. The highest BCUT2D eigenvalue weighted by Gasteiger charge is 2.19. The molecule has 0 aromatic heterocycles. The van der Waals surface area contributed by atoms with Gasteiger partial charge in [0, 0.05) is 19.4 Å². The van der Waals surface area contributed by atoms with Crippen molar-refractivity contribution in [3.05, 3.63) is 48.6 Å². The fourth-order valence-corrected chi connectivity index (χ4v) is 6.55. The third-order valence-corrected chi connectivity index (χ3v) is 10.1. The quantitative estimate of drug-likeness (QED) is 0.0264. The van der Waals surface area contributed by atoms with Crippen molar-refractivity contribution in [1.29, 1.82) is 0 Å². The van der Waals surface area contributed by atoms with Crippen LogP contribution in [0.2, 0.25) is 0 Å². The summed E-state index contributed by atoms with van der Waals surface area (Å²) in [6.07, 6.45) is 46.1. The number of hydrogen-bond donors (Lipinski definition) is 0. The van der Waals surface area contributed by atoms with E-state index >= 15 is 0 Å². The van der Waals surface area contributed by atoms with Gasteiger partial charge in [-0.3, -0.25) is 9.59 Å². The number of carbonyl (C=O) groups is 3. The first-order valence-electron chi connectivity index (χ1n) is 23.0. The van der Waals surface area contributed by atoms with Crippen molar-refractivity contribution >= 4 is 18.1 Å². The highest BCUT2D eigenvalue weighted by Crippen LogP contribution is 2.13. The average Bonchev–Trinajstić information content (AvgIpc) is 3.73. The Hall–Kier alpha value is -2.87. The second kappa shape index (κ2) is 40.3. The first-order valence-corrected chi connectivity index (χ1v) is 23.0. The first kappa shape index (κ1) is 51.1. The minimum absolute atomic E-state index is 0.0261. The Labute approximate surface area is 343 Å². The summed E-state index contributed by atoms with van der Waals surface area (Å²) in [7, 11) is 0. The monoisotopic (exact) mass is 786 g/mol. The van der Waals surface area contributed by atoms with Gasteiger partial charge in [-0.2, -0.15) is 0 Å². The van der Waals surface area contributed by atoms with Gasteiger partial charge < -0.3 is 23.8 Å². The minimum Gasteiger partial charge on any atom is -0.465 e. The fourth-order valence-electron chi connectivity index (χ4n) is 6.55.